The van der Waals surface area contributed by atoms with Crippen molar-refractivity contribution in [2.75, 3.05) is 0 Å². The summed E-state index contributed by atoms with van der Waals surface area (Å²) in [7, 11) is 0. The first-order valence-corrected chi connectivity index (χ1v) is 4.91. The van der Waals surface area contributed by atoms with Crippen molar-refractivity contribution in [3.05, 3.63) is 23.1 Å². The minimum atomic E-state index is 0.367. The average molecular weight is 196 g/mol. The molecule has 0 radical (unpaired) electrons. The first-order chi connectivity index (χ1) is 5.70. The van der Waals surface area contributed by atoms with Crippen molar-refractivity contribution in [2.24, 2.45) is 0 Å². The second-order valence-corrected chi connectivity index (χ2v) is 4.07. The molecule has 3 heteroatoms. The second kappa shape index (κ2) is 2.68. The van der Waals surface area contributed by atoms with E-state index in [2.05, 4.69) is 12.6 Å². The molecule has 1 aromatic carbocycles. The van der Waals surface area contributed by atoms with Gasteiger partial charge >= 0.3 is 0 Å². The molecule has 0 unspecified atom stereocenters. The summed E-state index contributed by atoms with van der Waals surface area (Å²) in [5.74, 6) is 0.367. The van der Waals surface area contributed by atoms with E-state index in [1.54, 1.807) is 16.7 Å². The van der Waals surface area contributed by atoms with E-state index in [0.29, 0.717) is 5.75 Å². The number of thiol groups is 1. The van der Waals surface area contributed by atoms with Gasteiger partial charge in [0.1, 0.15) is 5.75 Å². The van der Waals surface area contributed by atoms with Crippen molar-refractivity contribution in [3.63, 3.8) is 0 Å². The van der Waals surface area contributed by atoms with Crippen LogP contribution in [0, 0.1) is 6.92 Å². The van der Waals surface area contributed by atoms with E-state index >= 15 is 0 Å². The van der Waals surface area contributed by atoms with E-state index in [1.165, 1.54) is 0 Å². The lowest BCUT2D eigenvalue weighted by Gasteiger charge is -1.99. The third-order valence-corrected chi connectivity index (χ3v) is 3.53. The maximum atomic E-state index is 9.41. The summed E-state index contributed by atoms with van der Waals surface area (Å²) in [4.78, 5) is 0.976. The monoisotopic (exact) mass is 196 g/mol. The van der Waals surface area contributed by atoms with Crippen LogP contribution < -0.4 is 0 Å². The zero-order valence-electron chi connectivity index (χ0n) is 6.53. The molecule has 2 aromatic rings. The molecule has 0 amide bonds. The number of aryl methyl sites for hydroxylation is 1. The zero-order valence-corrected chi connectivity index (χ0v) is 8.25. The van der Waals surface area contributed by atoms with Crippen LogP contribution in [0.2, 0.25) is 0 Å². The highest BCUT2D eigenvalue weighted by Gasteiger charge is 2.05. The van der Waals surface area contributed by atoms with Crippen LogP contribution >= 0.6 is 24.0 Å². The summed E-state index contributed by atoms with van der Waals surface area (Å²) in [6.45, 7) is 2.01. The van der Waals surface area contributed by atoms with E-state index in [4.69, 9.17) is 0 Å². The largest absolute Gasteiger partial charge is 0.506 e. The van der Waals surface area contributed by atoms with Crippen LogP contribution in [0.3, 0.4) is 0 Å². The van der Waals surface area contributed by atoms with Crippen molar-refractivity contribution >= 4 is 34.1 Å². The fourth-order valence-electron chi connectivity index (χ4n) is 1.21. The highest BCUT2D eigenvalue weighted by Crippen LogP contribution is 2.35. The van der Waals surface area contributed by atoms with Gasteiger partial charge in [0.05, 0.1) is 0 Å². The van der Waals surface area contributed by atoms with Gasteiger partial charge in [-0.15, -0.1) is 24.0 Å². The van der Waals surface area contributed by atoms with Gasteiger partial charge < -0.3 is 5.11 Å². The maximum absolute atomic E-state index is 9.41. The SMILES string of the molecule is Cc1c(S)ccc2c(O)csc12. The Morgan fingerprint density at radius 1 is 1.42 bits per heavy atom. The molecule has 0 fully saturated rings. The molecule has 0 spiro atoms. The van der Waals surface area contributed by atoms with E-state index in [0.717, 1.165) is 20.5 Å². The van der Waals surface area contributed by atoms with Gasteiger partial charge in [0.2, 0.25) is 0 Å². The molecule has 1 N–H and O–H groups in total. The molecule has 0 saturated heterocycles. The number of hydrogen-bond donors (Lipinski definition) is 2. The quantitative estimate of drug-likeness (QED) is 0.620. The van der Waals surface area contributed by atoms with Crippen molar-refractivity contribution in [1.82, 2.24) is 0 Å². The average Bonchev–Trinajstić information content (AvgIpc) is 2.41. The molecule has 12 heavy (non-hydrogen) atoms. The lowest BCUT2D eigenvalue weighted by Crippen LogP contribution is -1.74. The molecule has 0 saturated carbocycles. The van der Waals surface area contributed by atoms with E-state index in [-0.39, 0.29) is 0 Å². The highest BCUT2D eigenvalue weighted by molar-refractivity contribution is 7.80. The molecular weight excluding hydrogens is 188 g/mol. The van der Waals surface area contributed by atoms with E-state index < -0.39 is 0 Å². The Morgan fingerprint density at radius 2 is 2.17 bits per heavy atom. The van der Waals surface area contributed by atoms with Crippen molar-refractivity contribution in [2.45, 2.75) is 11.8 Å². The summed E-state index contributed by atoms with van der Waals surface area (Å²) in [6.07, 6.45) is 0. The van der Waals surface area contributed by atoms with Gasteiger partial charge in [-0.05, 0) is 24.6 Å². The summed E-state index contributed by atoms with van der Waals surface area (Å²) < 4.78 is 1.13. The first-order valence-electron chi connectivity index (χ1n) is 3.59. The smallest absolute Gasteiger partial charge is 0.134 e. The molecule has 2 rings (SSSR count). The minimum absolute atomic E-state index is 0.367. The molecule has 0 aliphatic rings. The predicted molar refractivity (Wildman–Crippen MR) is 55.5 cm³/mol. The van der Waals surface area contributed by atoms with Gasteiger partial charge in [-0.1, -0.05) is 0 Å². The molecule has 1 heterocycles. The van der Waals surface area contributed by atoms with Crippen molar-refractivity contribution < 1.29 is 5.11 Å². The molecule has 62 valence electrons. The number of benzene rings is 1. The summed E-state index contributed by atoms with van der Waals surface area (Å²) in [5, 5.41) is 12.1. The third kappa shape index (κ3) is 1.01. The Bertz CT molecular complexity index is 431. The topological polar surface area (TPSA) is 20.2 Å². The molecule has 0 bridgehead atoms. The van der Waals surface area contributed by atoms with Gasteiger partial charge in [0, 0.05) is 20.4 Å². The molecule has 0 aliphatic carbocycles. The van der Waals surface area contributed by atoms with Crippen LogP contribution in [0.25, 0.3) is 10.1 Å². The highest BCUT2D eigenvalue weighted by atomic mass is 32.1. The Morgan fingerprint density at radius 3 is 2.92 bits per heavy atom. The lowest BCUT2D eigenvalue weighted by molar-refractivity contribution is 0.483. The maximum Gasteiger partial charge on any atom is 0.134 e. The summed E-state index contributed by atoms with van der Waals surface area (Å²) >= 11 is 5.86. The number of thiophene rings is 1. The van der Waals surface area contributed by atoms with Crippen LogP contribution in [0.4, 0.5) is 0 Å². The van der Waals surface area contributed by atoms with Crippen LogP contribution in [0.5, 0.6) is 5.75 Å². The van der Waals surface area contributed by atoms with Gasteiger partial charge in [-0.3, -0.25) is 0 Å². The van der Waals surface area contributed by atoms with Crippen LogP contribution in [0.1, 0.15) is 5.56 Å². The number of rotatable bonds is 0. The Kier molecular flexibility index (Phi) is 1.77. The van der Waals surface area contributed by atoms with Crippen molar-refractivity contribution in [1.29, 1.82) is 0 Å². The molecule has 1 aromatic heterocycles. The minimum Gasteiger partial charge on any atom is -0.506 e. The van der Waals surface area contributed by atoms with Gasteiger partial charge in [0.25, 0.3) is 0 Å². The number of hydrogen-bond acceptors (Lipinski definition) is 3. The molecular formula is C9H8OS2. The Hall–Kier alpha value is -0.670. The number of aromatic hydroxyl groups is 1. The van der Waals surface area contributed by atoms with Crippen molar-refractivity contribution in [3.8, 4) is 5.75 Å². The van der Waals surface area contributed by atoms with Crippen LogP contribution in [0.15, 0.2) is 22.4 Å². The lowest BCUT2D eigenvalue weighted by atomic mass is 10.2. The van der Waals surface area contributed by atoms with E-state index in [9.17, 15) is 5.11 Å². The predicted octanol–water partition coefficient (Wildman–Crippen LogP) is 3.20. The Labute approximate surface area is 80.1 Å². The van der Waals surface area contributed by atoms with Crippen LogP contribution in [-0.4, -0.2) is 5.11 Å². The Balaban J connectivity index is 2.93. The molecule has 0 atom stereocenters. The zero-order chi connectivity index (χ0) is 8.72. The summed E-state index contributed by atoms with van der Waals surface area (Å²) in [5.41, 5.74) is 1.14. The van der Waals surface area contributed by atoms with Gasteiger partial charge in [-0.25, -0.2) is 0 Å². The summed E-state index contributed by atoms with van der Waals surface area (Å²) in [6, 6.07) is 3.81. The van der Waals surface area contributed by atoms with E-state index in [1.807, 2.05) is 19.1 Å². The molecule has 1 nitrogen and oxygen atoms in total. The fraction of sp³-hybridized carbons (Fsp3) is 0.111. The van der Waals surface area contributed by atoms with Crippen LogP contribution in [-0.2, 0) is 0 Å². The second-order valence-electron chi connectivity index (χ2n) is 2.71. The molecule has 0 aliphatic heterocycles. The number of fused-ring (bicyclic) bond motifs is 1. The third-order valence-electron chi connectivity index (χ3n) is 1.94. The van der Waals surface area contributed by atoms with Gasteiger partial charge in [0.15, 0.2) is 0 Å². The normalized spacial score (nSPS) is 10.8. The standard InChI is InChI=1S/C9H8OS2/c1-5-8(11)3-2-6-7(10)4-12-9(5)6/h2-4,10-11H,1H3. The van der Waals surface area contributed by atoms with Gasteiger partial charge in [-0.2, -0.15) is 0 Å². The first kappa shape index (κ1) is 7.95. The fourth-order valence-corrected chi connectivity index (χ4v) is 2.42.